The molecule has 0 aliphatic heterocycles. The van der Waals surface area contributed by atoms with E-state index in [0.717, 1.165) is 0 Å². The topological polar surface area (TPSA) is 50.7 Å². The van der Waals surface area contributed by atoms with Gasteiger partial charge in [0.2, 0.25) is 11.8 Å². The molecule has 0 aliphatic rings. The predicted molar refractivity (Wildman–Crippen MR) is 62.1 cm³/mol. The maximum absolute atomic E-state index is 12.6. The molecule has 1 aromatic rings. The minimum atomic E-state index is -4.55. The second-order valence-electron chi connectivity index (χ2n) is 4.79. The number of rotatable bonds is 4. The van der Waals surface area contributed by atoms with Gasteiger partial charge in [0.25, 0.3) is 0 Å². The Labute approximate surface area is 104 Å². The lowest BCUT2D eigenvalue weighted by Gasteiger charge is -2.13. The van der Waals surface area contributed by atoms with Crippen molar-refractivity contribution in [1.29, 1.82) is 0 Å². The molecule has 102 valence electrons. The summed E-state index contributed by atoms with van der Waals surface area (Å²) in [6.45, 7) is 7.40. The van der Waals surface area contributed by atoms with Crippen molar-refractivity contribution in [2.45, 2.75) is 46.3 Å². The zero-order valence-corrected chi connectivity index (χ0v) is 10.8. The number of hydrogen-bond acceptors (Lipinski definition) is 4. The van der Waals surface area contributed by atoms with E-state index in [9.17, 15) is 13.2 Å². The van der Waals surface area contributed by atoms with Crippen molar-refractivity contribution in [1.82, 2.24) is 15.0 Å². The lowest BCUT2D eigenvalue weighted by atomic mass is 10.1. The smallest absolute Gasteiger partial charge is 0.352 e. The van der Waals surface area contributed by atoms with Crippen LogP contribution in [0, 0.1) is 5.92 Å². The molecule has 4 nitrogen and oxygen atoms in total. The minimum absolute atomic E-state index is 0.0250. The molecule has 0 amide bonds. The van der Waals surface area contributed by atoms with E-state index in [-0.39, 0.29) is 23.7 Å². The Kier molecular flexibility index (Phi) is 4.48. The molecule has 0 saturated carbocycles. The Morgan fingerprint density at radius 2 is 1.67 bits per heavy atom. The molecular formula is C11H17F3N4. The quantitative estimate of drug-likeness (QED) is 0.906. The van der Waals surface area contributed by atoms with Crippen LogP contribution in [0.5, 0.6) is 0 Å². The van der Waals surface area contributed by atoms with Gasteiger partial charge in [-0.15, -0.1) is 0 Å². The number of nitrogens with zero attached hydrogens (tertiary/aromatic N) is 3. The molecule has 0 radical (unpaired) electrons. The van der Waals surface area contributed by atoms with E-state index in [0.29, 0.717) is 6.42 Å². The first-order chi connectivity index (χ1) is 8.18. The number of alkyl halides is 3. The molecular weight excluding hydrogens is 245 g/mol. The Balaban J connectivity index is 3.11. The summed E-state index contributed by atoms with van der Waals surface area (Å²) in [7, 11) is 0. The summed E-state index contributed by atoms with van der Waals surface area (Å²) in [6.07, 6.45) is -4.17. The molecule has 0 aliphatic carbocycles. The molecule has 1 aromatic heterocycles. The van der Waals surface area contributed by atoms with Gasteiger partial charge in [0.1, 0.15) is 5.82 Å². The summed E-state index contributed by atoms with van der Waals surface area (Å²) in [6, 6.07) is -0.0413. The SMILES string of the molecule is CC(C)Cc1nc(NC(C)C)nc(C(F)(F)F)n1. The van der Waals surface area contributed by atoms with Crippen LogP contribution in [0.4, 0.5) is 19.1 Å². The van der Waals surface area contributed by atoms with Crippen LogP contribution in [0.25, 0.3) is 0 Å². The highest BCUT2D eigenvalue weighted by Crippen LogP contribution is 2.26. The van der Waals surface area contributed by atoms with Gasteiger partial charge in [0, 0.05) is 12.5 Å². The van der Waals surface area contributed by atoms with Gasteiger partial charge in [-0.1, -0.05) is 13.8 Å². The molecule has 0 saturated heterocycles. The molecule has 18 heavy (non-hydrogen) atoms. The predicted octanol–water partition coefficient (Wildman–Crippen LogP) is 2.91. The van der Waals surface area contributed by atoms with Gasteiger partial charge in [-0.3, -0.25) is 0 Å². The highest BCUT2D eigenvalue weighted by Gasteiger charge is 2.35. The van der Waals surface area contributed by atoms with Crippen molar-refractivity contribution in [3.05, 3.63) is 11.6 Å². The second kappa shape index (κ2) is 5.49. The molecule has 1 heterocycles. The summed E-state index contributed by atoms with van der Waals surface area (Å²) >= 11 is 0. The lowest BCUT2D eigenvalue weighted by Crippen LogP contribution is -2.20. The molecule has 0 bridgehead atoms. The van der Waals surface area contributed by atoms with E-state index in [1.807, 2.05) is 13.8 Å². The van der Waals surface area contributed by atoms with Gasteiger partial charge in [0.15, 0.2) is 0 Å². The van der Waals surface area contributed by atoms with Crippen LogP contribution in [-0.4, -0.2) is 21.0 Å². The van der Waals surface area contributed by atoms with Gasteiger partial charge in [-0.05, 0) is 19.8 Å². The standard InChI is InChI=1S/C11H17F3N4/c1-6(2)5-8-16-9(11(12,13)14)18-10(17-8)15-7(3)4/h6-7H,5H2,1-4H3,(H,15,16,17,18). The fraction of sp³-hybridized carbons (Fsp3) is 0.727. The zero-order chi connectivity index (χ0) is 13.9. The van der Waals surface area contributed by atoms with Crippen molar-refractivity contribution >= 4 is 5.95 Å². The summed E-state index contributed by atoms with van der Waals surface area (Å²) < 4.78 is 37.9. The number of hydrogen-bond donors (Lipinski definition) is 1. The normalized spacial score (nSPS) is 12.3. The number of anilines is 1. The van der Waals surface area contributed by atoms with Crippen LogP contribution in [-0.2, 0) is 12.6 Å². The maximum atomic E-state index is 12.6. The largest absolute Gasteiger partial charge is 0.451 e. The Bertz CT molecular complexity index is 374. The molecule has 7 heteroatoms. The lowest BCUT2D eigenvalue weighted by molar-refractivity contribution is -0.145. The van der Waals surface area contributed by atoms with E-state index in [1.54, 1.807) is 13.8 Å². The highest BCUT2D eigenvalue weighted by molar-refractivity contribution is 5.26. The fourth-order valence-electron chi connectivity index (χ4n) is 1.33. The van der Waals surface area contributed by atoms with Gasteiger partial charge in [-0.2, -0.15) is 23.1 Å². The van der Waals surface area contributed by atoms with Crippen LogP contribution >= 0.6 is 0 Å². The summed E-state index contributed by atoms with van der Waals surface area (Å²) in [5.41, 5.74) is 0. The van der Waals surface area contributed by atoms with Crippen LogP contribution in [0.3, 0.4) is 0 Å². The highest BCUT2D eigenvalue weighted by atomic mass is 19.4. The fourth-order valence-corrected chi connectivity index (χ4v) is 1.33. The van der Waals surface area contributed by atoms with Crippen molar-refractivity contribution in [3.63, 3.8) is 0 Å². The molecule has 1 rings (SSSR count). The maximum Gasteiger partial charge on any atom is 0.451 e. The van der Waals surface area contributed by atoms with Crippen LogP contribution < -0.4 is 5.32 Å². The van der Waals surface area contributed by atoms with Crippen molar-refractivity contribution in [2.24, 2.45) is 5.92 Å². The van der Waals surface area contributed by atoms with E-state index in [4.69, 9.17) is 0 Å². The summed E-state index contributed by atoms with van der Waals surface area (Å²) in [5.74, 6) is -0.824. The van der Waals surface area contributed by atoms with Crippen molar-refractivity contribution in [2.75, 3.05) is 5.32 Å². The Morgan fingerprint density at radius 3 is 2.11 bits per heavy atom. The molecule has 0 unspecified atom stereocenters. The Morgan fingerprint density at radius 1 is 1.06 bits per heavy atom. The van der Waals surface area contributed by atoms with Crippen LogP contribution in [0.2, 0.25) is 0 Å². The third kappa shape index (κ3) is 4.46. The van der Waals surface area contributed by atoms with Crippen molar-refractivity contribution < 1.29 is 13.2 Å². The molecule has 0 spiro atoms. The van der Waals surface area contributed by atoms with Gasteiger partial charge in [0.05, 0.1) is 0 Å². The van der Waals surface area contributed by atoms with E-state index in [2.05, 4.69) is 20.3 Å². The number of aromatic nitrogens is 3. The average Bonchev–Trinajstić information content (AvgIpc) is 2.13. The first-order valence-corrected chi connectivity index (χ1v) is 5.77. The first-order valence-electron chi connectivity index (χ1n) is 5.77. The van der Waals surface area contributed by atoms with E-state index < -0.39 is 12.0 Å². The molecule has 0 atom stereocenters. The number of nitrogens with one attached hydrogen (secondary N) is 1. The monoisotopic (exact) mass is 262 g/mol. The van der Waals surface area contributed by atoms with Crippen LogP contribution in [0.15, 0.2) is 0 Å². The molecule has 0 fully saturated rings. The third-order valence-electron chi connectivity index (χ3n) is 1.94. The van der Waals surface area contributed by atoms with E-state index in [1.165, 1.54) is 0 Å². The third-order valence-corrected chi connectivity index (χ3v) is 1.94. The minimum Gasteiger partial charge on any atom is -0.352 e. The second-order valence-corrected chi connectivity index (χ2v) is 4.79. The van der Waals surface area contributed by atoms with Gasteiger partial charge in [-0.25, -0.2) is 4.98 Å². The van der Waals surface area contributed by atoms with Gasteiger partial charge < -0.3 is 5.32 Å². The van der Waals surface area contributed by atoms with Gasteiger partial charge >= 0.3 is 6.18 Å². The number of halogens is 3. The van der Waals surface area contributed by atoms with Crippen molar-refractivity contribution in [3.8, 4) is 0 Å². The Hall–Kier alpha value is -1.40. The first kappa shape index (κ1) is 14.7. The van der Waals surface area contributed by atoms with E-state index >= 15 is 0 Å². The summed E-state index contributed by atoms with van der Waals surface area (Å²) in [5, 5.41) is 2.77. The zero-order valence-electron chi connectivity index (χ0n) is 10.8. The molecule has 0 aromatic carbocycles. The average molecular weight is 262 g/mol. The summed E-state index contributed by atoms with van der Waals surface area (Å²) in [4.78, 5) is 10.9. The van der Waals surface area contributed by atoms with Crippen LogP contribution in [0.1, 0.15) is 39.3 Å². The molecule has 1 N–H and O–H groups in total.